The minimum atomic E-state index is -4.52. The molecule has 1 saturated heterocycles. The topological polar surface area (TPSA) is 72.3 Å². The van der Waals surface area contributed by atoms with Gasteiger partial charge in [0.25, 0.3) is 0 Å². The summed E-state index contributed by atoms with van der Waals surface area (Å²) in [6, 6.07) is 9.34. The number of hydrogen-bond acceptors (Lipinski definition) is 6. The molecular weight excluding hydrogens is 503 g/mol. The van der Waals surface area contributed by atoms with Gasteiger partial charge < -0.3 is 4.90 Å². The summed E-state index contributed by atoms with van der Waals surface area (Å²) in [4.78, 5) is 25.4. The summed E-state index contributed by atoms with van der Waals surface area (Å²) in [6.45, 7) is 2.41. The minimum absolute atomic E-state index is 0.0787. The highest BCUT2D eigenvalue weighted by molar-refractivity contribution is 7.09. The summed E-state index contributed by atoms with van der Waals surface area (Å²) in [5.41, 5.74) is 8.08. The highest BCUT2D eigenvalue weighted by atomic mass is 32.1. The van der Waals surface area contributed by atoms with Gasteiger partial charge >= 0.3 is 6.18 Å². The molecule has 1 aromatic carbocycles. The van der Waals surface area contributed by atoms with E-state index < -0.39 is 11.9 Å². The van der Waals surface area contributed by atoms with Gasteiger partial charge in [-0.05, 0) is 55.4 Å². The third kappa shape index (κ3) is 4.54. The molecule has 0 spiro atoms. The van der Waals surface area contributed by atoms with E-state index in [9.17, 15) is 18.0 Å². The van der Waals surface area contributed by atoms with Crippen LogP contribution in [0.2, 0.25) is 0 Å². The molecule has 1 amide bonds. The molecule has 4 heterocycles. The van der Waals surface area contributed by atoms with Crippen LogP contribution in [0.1, 0.15) is 64.5 Å². The van der Waals surface area contributed by atoms with Crippen molar-refractivity contribution in [2.75, 3.05) is 13.1 Å². The molecule has 11 heteroatoms. The van der Waals surface area contributed by atoms with Crippen LogP contribution < -0.4 is 5.48 Å². The first-order valence-corrected chi connectivity index (χ1v) is 13.2. The lowest BCUT2D eigenvalue weighted by atomic mass is 9.85. The lowest BCUT2D eigenvalue weighted by Crippen LogP contribution is -2.40. The summed E-state index contributed by atoms with van der Waals surface area (Å²) in [5, 5.41) is 6.67. The van der Waals surface area contributed by atoms with E-state index >= 15 is 0 Å². The molecule has 2 aliphatic heterocycles. The zero-order valence-corrected chi connectivity index (χ0v) is 21.0. The first-order chi connectivity index (χ1) is 17.8. The minimum Gasteiger partial charge on any atom is -0.341 e. The standard InChI is InChI=1S/C26H26F3N5O2S/c1-15-12-21(26(27,28)29)31-34(15)13-22(35)33-10-8-17(9-11-33)25-30-20(14-37-25)23-19-7-6-16-4-2-3-5-18(16)24(19)36-32-23/h2-5,12,14,17,24,32H,6-11,13H2,1H3. The summed E-state index contributed by atoms with van der Waals surface area (Å²) in [7, 11) is 0. The number of nitrogens with zero attached hydrogens (tertiary/aromatic N) is 4. The first-order valence-electron chi connectivity index (χ1n) is 12.4. The van der Waals surface area contributed by atoms with Crippen molar-refractivity contribution in [1.82, 2.24) is 25.1 Å². The van der Waals surface area contributed by atoms with Gasteiger partial charge in [-0.3, -0.25) is 19.8 Å². The fourth-order valence-electron chi connectivity index (χ4n) is 5.40. The van der Waals surface area contributed by atoms with Gasteiger partial charge in [-0.15, -0.1) is 11.3 Å². The van der Waals surface area contributed by atoms with Crippen LogP contribution in [0.15, 0.2) is 41.3 Å². The van der Waals surface area contributed by atoms with E-state index in [1.165, 1.54) is 23.6 Å². The average molecular weight is 530 g/mol. The van der Waals surface area contributed by atoms with Crippen molar-refractivity contribution >= 4 is 22.9 Å². The van der Waals surface area contributed by atoms with Gasteiger partial charge in [0, 0.05) is 30.1 Å². The second-order valence-electron chi connectivity index (χ2n) is 9.75. The molecule has 0 bridgehead atoms. The fraction of sp³-hybridized carbons (Fsp3) is 0.423. The Morgan fingerprint density at radius 2 is 2.00 bits per heavy atom. The van der Waals surface area contributed by atoms with Crippen LogP contribution in [-0.4, -0.2) is 38.7 Å². The van der Waals surface area contributed by atoms with Crippen LogP contribution >= 0.6 is 11.3 Å². The molecule has 6 rings (SSSR count). The quantitative estimate of drug-likeness (QED) is 0.515. The number of hydrogen-bond donors (Lipinski definition) is 1. The number of aryl methyl sites for hydroxylation is 2. The second kappa shape index (κ2) is 9.29. The van der Waals surface area contributed by atoms with Crippen LogP contribution in [0.4, 0.5) is 13.2 Å². The Hall–Kier alpha value is -3.18. The monoisotopic (exact) mass is 529 g/mol. The summed E-state index contributed by atoms with van der Waals surface area (Å²) < 4.78 is 39.9. The number of thiazole rings is 1. The molecule has 1 unspecified atom stereocenters. The van der Waals surface area contributed by atoms with Gasteiger partial charge in [0.2, 0.25) is 5.91 Å². The van der Waals surface area contributed by atoms with E-state index in [0.717, 1.165) is 52.8 Å². The molecule has 194 valence electrons. The normalized spacial score (nSPS) is 20.1. The number of alkyl halides is 3. The molecule has 3 aromatic rings. The van der Waals surface area contributed by atoms with Gasteiger partial charge in [0.05, 0.1) is 16.4 Å². The van der Waals surface area contributed by atoms with Crippen molar-refractivity contribution < 1.29 is 22.8 Å². The van der Waals surface area contributed by atoms with E-state index in [1.807, 2.05) is 6.07 Å². The number of carbonyl (C=O) groups is 1. The zero-order valence-electron chi connectivity index (χ0n) is 20.2. The Morgan fingerprint density at radius 3 is 2.76 bits per heavy atom. The molecule has 0 saturated carbocycles. The molecule has 2 aromatic heterocycles. The lowest BCUT2D eigenvalue weighted by Gasteiger charge is -2.31. The van der Waals surface area contributed by atoms with Crippen molar-refractivity contribution in [3.63, 3.8) is 0 Å². The number of rotatable bonds is 4. The SMILES string of the molecule is Cc1cc(C(F)(F)F)nn1CC(=O)N1CCC(c2nc(C3=C4CCc5ccccc5C4ON3)cs2)CC1. The molecule has 37 heavy (non-hydrogen) atoms. The maximum Gasteiger partial charge on any atom is 0.435 e. The molecule has 1 aliphatic carbocycles. The van der Waals surface area contributed by atoms with E-state index in [2.05, 4.69) is 34.2 Å². The van der Waals surface area contributed by atoms with Gasteiger partial charge in [0.1, 0.15) is 12.6 Å². The molecule has 1 N–H and O–H groups in total. The number of hydroxylamine groups is 1. The van der Waals surface area contributed by atoms with Gasteiger partial charge in [-0.1, -0.05) is 24.3 Å². The van der Waals surface area contributed by atoms with Crippen molar-refractivity contribution in [2.24, 2.45) is 0 Å². The number of nitrogens with one attached hydrogen (secondary N) is 1. The third-order valence-corrected chi connectivity index (χ3v) is 8.46. The molecule has 1 atom stereocenters. The zero-order chi connectivity index (χ0) is 25.7. The van der Waals surface area contributed by atoms with Crippen LogP contribution in [0.25, 0.3) is 5.70 Å². The number of likely N-dealkylation sites (tertiary alicyclic amines) is 1. The number of benzene rings is 1. The predicted octanol–water partition coefficient (Wildman–Crippen LogP) is 5.01. The summed E-state index contributed by atoms with van der Waals surface area (Å²) >= 11 is 1.62. The number of piperidine rings is 1. The number of carbonyl (C=O) groups excluding carboxylic acids is 1. The molecule has 7 nitrogen and oxygen atoms in total. The lowest BCUT2D eigenvalue weighted by molar-refractivity contribution is -0.142. The van der Waals surface area contributed by atoms with Crippen molar-refractivity contribution in [3.05, 3.63) is 74.5 Å². The Bertz CT molecular complexity index is 1370. The summed E-state index contributed by atoms with van der Waals surface area (Å²) in [5.74, 6) is 0.0166. The van der Waals surface area contributed by atoms with Crippen molar-refractivity contribution in [1.29, 1.82) is 0 Å². The Morgan fingerprint density at radius 1 is 1.22 bits per heavy atom. The average Bonchev–Trinajstić information content (AvgIpc) is 3.62. The van der Waals surface area contributed by atoms with Crippen LogP contribution in [0.5, 0.6) is 0 Å². The molecule has 3 aliphatic rings. The number of fused-ring (bicyclic) bond motifs is 3. The Kier molecular flexibility index (Phi) is 6.07. The van der Waals surface area contributed by atoms with Gasteiger partial charge in [-0.2, -0.15) is 18.3 Å². The van der Waals surface area contributed by atoms with Gasteiger partial charge in [-0.25, -0.2) is 4.98 Å². The van der Waals surface area contributed by atoms with Crippen molar-refractivity contribution in [2.45, 2.75) is 57.3 Å². The maximum atomic E-state index is 12.9. The fourth-order valence-corrected chi connectivity index (χ4v) is 6.38. The van der Waals surface area contributed by atoms with E-state index in [-0.39, 0.29) is 24.5 Å². The Labute approximate surface area is 215 Å². The van der Waals surface area contributed by atoms with E-state index in [0.29, 0.717) is 18.8 Å². The molecular formula is C26H26F3N5O2S. The van der Waals surface area contributed by atoms with E-state index in [4.69, 9.17) is 9.82 Å². The second-order valence-corrected chi connectivity index (χ2v) is 10.6. The first kappa shape index (κ1) is 24.2. The Balaban J connectivity index is 1.09. The largest absolute Gasteiger partial charge is 0.435 e. The van der Waals surface area contributed by atoms with Crippen LogP contribution in [0.3, 0.4) is 0 Å². The molecule has 0 radical (unpaired) electrons. The third-order valence-electron chi connectivity index (χ3n) is 7.45. The smallest absolute Gasteiger partial charge is 0.341 e. The van der Waals surface area contributed by atoms with Crippen molar-refractivity contribution in [3.8, 4) is 0 Å². The molecule has 1 fully saturated rings. The number of amides is 1. The predicted molar refractivity (Wildman–Crippen MR) is 131 cm³/mol. The van der Waals surface area contributed by atoms with Crippen LogP contribution in [0, 0.1) is 6.92 Å². The number of halogens is 3. The van der Waals surface area contributed by atoms with E-state index in [1.54, 1.807) is 16.2 Å². The maximum absolute atomic E-state index is 12.9. The highest BCUT2D eigenvalue weighted by Gasteiger charge is 2.36. The van der Waals surface area contributed by atoms with Crippen LogP contribution in [-0.2, 0) is 28.8 Å². The number of aromatic nitrogens is 3. The summed E-state index contributed by atoms with van der Waals surface area (Å²) in [6.07, 6.45) is -1.17. The highest BCUT2D eigenvalue weighted by Crippen LogP contribution is 2.44. The van der Waals surface area contributed by atoms with Gasteiger partial charge in [0.15, 0.2) is 5.69 Å².